The van der Waals surface area contributed by atoms with Crippen LogP contribution in [0, 0.1) is 0 Å². The van der Waals surface area contributed by atoms with Gasteiger partial charge in [0, 0.05) is 6.42 Å². The number of aliphatic carboxylic acids is 1. The molecule has 108 valence electrons. The van der Waals surface area contributed by atoms with E-state index in [2.05, 4.69) is 20.8 Å². The molecule has 0 bridgehead atoms. The summed E-state index contributed by atoms with van der Waals surface area (Å²) >= 11 is 0. The van der Waals surface area contributed by atoms with E-state index in [0.29, 0.717) is 6.42 Å². The van der Waals surface area contributed by atoms with Crippen molar-refractivity contribution < 1.29 is 9.90 Å². The summed E-state index contributed by atoms with van der Waals surface area (Å²) in [6.45, 7) is 7.14. The molecule has 0 aliphatic rings. The lowest BCUT2D eigenvalue weighted by atomic mass is 10.1. The molecule has 0 atom stereocenters. The summed E-state index contributed by atoms with van der Waals surface area (Å²) < 4.78 is 0. The highest BCUT2D eigenvalue weighted by molar-refractivity contribution is 6.79. The molecule has 18 heavy (non-hydrogen) atoms. The second-order valence-corrected chi connectivity index (χ2v) is 11.2. The van der Waals surface area contributed by atoms with Crippen molar-refractivity contribution in [3.63, 3.8) is 0 Å². The van der Waals surface area contributed by atoms with Gasteiger partial charge in [-0.1, -0.05) is 77.1 Å². The van der Waals surface area contributed by atoms with E-state index < -0.39 is 14.0 Å². The van der Waals surface area contributed by atoms with Crippen molar-refractivity contribution in [2.45, 2.75) is 89.9 Å². The van der Waals surface area contributed by atoms with Gasteiger partial charge in [-0.3, -0.25) is 4.79 Å². The average molecular weight is 273 g/mol. The molecule has 3 heteroatoms. The first-order valence-electron chi connectivity index (χ1n) is 7.82. The van der Waals surface area contributed by atoms with Crippen molar-refractivity contribution in [2.24, 2.45) is 0 Å². The van der Waals surface area contributed by atoms with Crippen LogP contribution in [0.5, 0.6) is 0 Å². The minimum absolute atomic E-state index is 0.345. The largest absolute Gasteiger partial charge is 0.481 e. The van der Waals surface area contributed by atoms with Gasteiger partial charge in [-0.2, -0.15) is 0 Å². The molecule has 0 amide bonds. The predicted octanol–water partition coefficient (Wildman–Crippen LogP) is 5.31. The molecular weight excluding hydrogens is 240 g/mol. The number of rotatable bonds is 12. The molecule has 0 aromatic carbocycles. The Balaban J connectivity index is 3.47. The summed E-state index contributed by atoms with van der Waals surface area (Å²) in [6.07, 6.45) is 7.55. The highest BCUT2D eigenvalue weighted by Gasteiger charge is 2.25. The lowest BCUT2D eigenvalue weighted by Crippen LogP contribution is -2.30. The van der Waals surface area contributed by atoms with Gasteiger partial charge in [-0.25, -0.2) is 0 Å². The summed E-state index contributed by atoms with van der Waals surface area (Å²) in [7, 11) is -0.885. The van der Waals surface area contributed by atoms with Crippen molar-refractivity contribution in [1.82, 2.24) is 0 Å². The fourth-order valence-corrected chi connectivity index (χ4v) is 6.32. The lowest BCUT2D eigenvalue weighted by molar-refractivity contribution is -0.137. The maximum atomic E-state index is 10.3. The number of unbranched alkanes of at least 4 members (excludes halogenated alkanes) is 5. The van der Waals surface area contributed by atoms with Gasteiger partial charge < -0.3 is 5.11 Å². The lowest BCUT2D eigenvalue weighted by Gasteiger charge is -2.28. The van der Waals surface area contributed by atoms with Crippen LogP contribution in [0.1, 0.15) is 65.7 Å². The number of carboxylic acids is 1. The van der Waals surface area contributed by atoms with Crippen LogP contribution in [-0.2, 0) is 4.79 Å². The van der Waals surface area contributed by atoms with Crippen molar-refractivity contribution in [3.8, 4) is 0 Å². The van der Waals surface area contributed by atoms with Gasteiger partial charge in [-0.15, -0.1) is 0 Å². The Morgan fingerprint density at radius 2 is 1.28 bits per heavy atom. The molecule has 1 N–H and O–H groups in total. The minimum atomic E-state index is -0.885. The van der Waals surface area contributed by atoms with Gasteiger partial charge in [0.05, 0.1) is 8.07 Å². The maximum Gasteiger partial charge on any atom is 0.303 e. The zero-order valence-corrected chi connectivity index (χ0v) is 13.6. The van der Waals surface area contributed by atoms with Crippen LogP contribution in [0.25, 0.3) is 0 Å². The molecule has 0 spiro atoms. The van der Waals surface area contributed by atoms with Gasteiger partial charge in [0.15, 0.2) is 0 Å². The van der Waals surface area contributed by atoms with Crippen LogP contribution < -0.4 is 0 Å². The van der Waals surface area contributed by atoms with E-state index in [1.54, 1.807) is 0 Å². The third kappa shape index (κ3) is 7.91. The second-order valence-electron chi connectivity index (χ2n) is 5.58. The molecule has 0 fully saturated rings. The SMILES string of the molecule is CC[Si](CC)(CC)CCCCCCCCC(=O)O. The average Bonchev–Trinajstić information content (AvgIpc) is 2.38. The third-order valence-electron chi connectivity index (χ3n) is 4.60. The molecule has 0 rings (SSSR count). The van der Waals surface area contributed by atoms with Crippen LogP contribution >= 0.6 is 0 Å². The van der Waals surface area contributed by atoms with E-state index >= 15 is 0 Å². The molecule has 0 saturated carbocycles. The quantitative estimate of drug-likeness (QED) is 0.386. The molecular formula is C15H32O2Si. The topological polar surface area (TPSA) is 37.3 Å². The Bertz CT molecular complexity index is 204. The predicted molar refractivity (Wildman–Crippen MR) is 82.0 cm³/mol. The van der Waals surface area contributed by atoms with Crippen molar-refractivity contribution in [3.05, 3.63) is 0 Å². The molecule has 0 aliphatic carbocycles. The first-order valence-corrected chi connectivity index (χ1v) is 10.6. The van der Waals surface area contributed by atoms with Gasteiger partial charge >= 0.3 is 5.97 Å². The fraction of sp³-hybridized carbons (Fsp3) is 0.933. The fourth-order valence-electron chi connectivity index (χ4n) is 2.76. The van der Waals surface area contributed by atoms with Crippen LogP contribution in [0.4, 0.5) is 0 Å². The molecule has 0 aromatic rings. The maximum absolute atomic E-state index is 10.3. The van der Waals surface area contributed by atoms with E-state index in [1.807, 2.05) is 0 Å². The van der Waals surface area contributed by atoms with E-state index in [1.165, 1.54) is 49.9 Å². The van der Waals surface area contributed by atoms with Crippen molar-refractivity contribution in [2.75, 3.05) is 0 Å². The Morgan fingerprint density at radius 3 is 1.72 bits per heavy atom. The van der Waals surface area contributed by atoms with E-state index in [9.17, 15) is 4.79 Å². The molecule has 0 unspecified atom stereocenters. The monoisotopic (exact) mass is 272 g/mol. The Morgan fingerprint density at radius 1 is 0.833 bits per heavy atom. The van der Waals surface area contributed by atoms with E-state index in [0.717, 1.165) is 12.8 Å². The van der Waals surface area contributed by atoms with Gasteiger partial charge in [-0.05, 0) is 6.42 Å². The van der Waals surface area contributed by atoms with Gasteiger partial charge in [0.25, 0.3) is 0 Å². The summed E-state index contributed by atoms with van der Waals surface area (Å²) in [5.41, 5.74) is 0. The molecule has 0 radical (unpaired) electrons. The Labute approximate surface area is 114 Å². The number of hydrogen-bond acceptors (Lipinski definition) is 1. The molecule has 2 nitrogen and oxygen atoms in total. The number of carboxylic acid groups (broad SMARTS) is 1. The standard InChI is InChI=1S/C15H32O2Si/c1-4-18(5-2,6-3)14-12-10-8-7-9-11-13-15(16)17/h4-14H2,1-3H3,(H,16,17). The summed E-state index contributed by atoms with van der Waals surface area (Å²) in [5.74, 6) is -0.653. The number of carbonyl (C=O) groups is 1. The zero-order valence-electron chi connectivity index (χ0n) is 12.6. The van der Waals surface area contributed by atoms with E-state index in [4.69, 9.17) is 5.11 Å². The Kier molecular flexibility index (Phi) is 10.4. The summed E-state index contributed by atoms with van der Waals surface area (Å²) in [5, 5.41) is 8.53. The molecule has 0 heterocycles. The van der Waals surface area contributed by atoms with E-state index in [-0.39, 0.29) is 0 Å². The van der Waals surface area contributed by atoms with Crippen LogP contribution in [0.2, 0.25) is 24.2 Å². The van der Waals surface area contributed by atoms with Crippen LogP contribution in [0.3, 0.4) is 0 Å². The first-order chi connectivity index (χ1) is 8.60. The van der Waals surface area contributed by atoms with Crippen LogP contribution in [-0.4, -0.2) is 19.1 Å². The highest BCUT2D eigenvalue weighted by Crippen LogP contribution is 2.27. The number of hydrogen-bond donors (Lipinski definition) is 1. The van der Waals surface area contributed by atoms with Gasteiger partial charge in [0.1, 0.15) is 0 Å². The highest BCUT2D eigenvalue weighted by atomic mass is 28.3. The Hall–Kier alpha value is -0.313. The molecule has 0 saturated heterocycles. The normalized spacial score (nSPS) is 11.7. The summed E-state index contributed by atoms with van der Waals surface area (Å²) in [6, 6.07) is 5.83. The smallest absolute Gasteiger partial charge is 0.303 e. The van der Waals surface area contributed by atoms with Crippen LogP contribution in [0.15, 0.2) is 0 Å². The summed E-state index contributed by atoms with van der Waals surface area (Å²) in [4.78, 5) is 10.3. The van der Waals surface area contributed by atoms with Crippen molar-refractivity contribution >= 4 is 14.0 Å². The molecule has 0 aromatic heterocycles. The molecule has 0 aliphatic heterocycles. The zero-order chi connectivity index (χ0) is 13.9. The minimum Gasteiger partial charge on any atom is -0.481 e. The first kappa shape index (κ1) is 17.7. The second kappa shape index (κ2) is 10.6. The van der Waals surface area contributed by atoms with Crippen molar-refractivity contribution in [1.29, 1.82) is 0 Å². The van der Waals surface area contributed by atoms with Gasteiger partial charge in [0.2, 0.25) is 0 Å². The third-order valence-corrected chi connectivity index (χ3v) is 10.5.